The molecule has 0 unspecified atom stereocenters. The third-order valence-electron chi connectivity index (χ3n) is 7.08. The number of carbonyl (C=O) groups excluding carboxylic acids is 1. The van der Waals surface area contributed by atoms with Gasteiger partial charge in [0.05, 0.1) is 11.2 Å². The first kappa shape index (κ1) is 24.5. The Morgan fingerprint density at radius 1 is 0.971 bits per heavy atom. The van der Waals surface area contributed by atoms with Crippen LogP contribution < -0.4 is 4.90 Å². The van der Waals surface area contributed by atoms with Crippen LogP contribution >= 0.6 is 0 Å². The largest absolute Gasteiger partial charge is 0.416 e. The molecule has 2 aliphatic heterocycles. The Kier molecular flexibility index (Phi) is 7.19. The van der Waals surface area contributed by atoms with Crippen LogP contribution in [0.3, 0.4) is 0 Å². The number of halogens is 3. The number of alkyl halides is 3. The maximum atomic E-state index is 13.0. The van der Waals surface area contributed by atoms with Crippen LogP contribution in [-0.4, -0.2) is 66.6 Å². The van der Waals surface area contributed by atoms with Gasteiger partial charge in [-0.1, -0.05) is 29.8 Å². The lowest BCUT2D eigenvalue weighted by Crippen LogP contribution is -2.48. The van der Waals surface area contributed by atoms with Gasteiger partial charge in [0.15, 0.2) is 0 Å². The van der Waals surface area contributed by atoms with E-state index in [-0.39, 0.29) is 24.3 Å². The number of amides is 1. The van der Waals surface area contributed by atoms with E-state index in [4.69, 9.17) is 0 Å². The van der Waals surface area contributed by atoms with Gasteiger partial charge in [0.25, 0.3) is 0 Å². The van der Waals surface area contributed by atoms with Gasteiger partial charge in [-0.15, -0.1) is 0 Å². The molecule has 1 N–H and O–H groups in total. The van der Waals surface area contributed by atoms with Crippen molar-refractivity contribution in [1.82, 2.24) is 9.80 Å². The van der Waals surface area contributed by atoms with E-state index in [1.165, 1.54) is 23.4 Å². The molecular weight excluding hydrogens is 443 g/mol. The summed E-state index contributed by atoms with van der Waals surface area (Å²) in [7, 11) is 0. The Balaban J connectivity index is 1.23. The predicted molar refractivity (Wildman–Crippen MR) is 126 cm³/mol. The van der Waals surface area contributed by atoms with E-state index < -0.39 is 17.3 Å². The normalized spacial score (nSPS) is 19.3. The molecule has 0 aromatic heterocycles. The summed E-state index contributed by atoms with van der Waals surface area (Å²) in [5.41, 5.74) is 0.625. The molecule has 2 aliphatic rings. The molecule has 4 rings (SSSR count). The zero-order chi connectivity index (χ0) is 24.3. The molecule has 2 saturated heterocycles. The van der Waals surface area contributed by atoms with Crippen molar-refractivity contribution >= 4 is 11.6 Å². The van der Waals surface area contributed by atoms with Crippen molar-refractivity contribution in [3.8, 4) is 0 Å². The number of nitrogens with zero attached hydrogens (tertiary/aromatic N) is 3. The quantitative estimate of drug-likeness (QED) is 0.709. The lowest BCUT2D eigenvalue weighted by Gasteiger charge is -2.39. The third kappa shape index (κ3) is 5.73. The van der Waals surface area contributed by atoms with E-state index >= 15 is 0 Å². The zero-order valence-electron chi connectivity index (χ0n) is 19.5. The molecule has 2 heterocycles. The fourth-order valence-electron chi connectivity index (χ4n) is 4.80. The molecule has 5 nitrogen and oxygen atoms in total. The number of carbonyl (C=O) groups is 1. The Morgan fingerprint density at radius 3 is 2.24 bits per heavy atom. The lowest BCUT2D eigenvalue weighted by atomic mass is 9.83. The zero-order valence-corrected chi connectivity index (χ0v) is 19.5. The summed E-state index contributed by atoms with van der Waals surface area (Å²) >= 11 is 0. The van der Waals surface area contributed by atoms with Crippen molar-refractivity contribution in [2.24, 2.45) is 0 Å². The van der Waals surface area contributed by atoms with Crippen molar-refractivity contribution in [2.45, 2.75) is 38.0 Å². The Bertz CT molecular complexity index is 978. The van der Waals surface area contributed by atoms with Gasteiger partial charge in [0, 0.05) is 57.9 Å². The van der Waals surface area contributed by atoms with Gasteiger partial charge >= 0.3 is 6.18 Å². The topological polar surface area (TPSA) is 47.0 Å². The summed E-state index contributed by atoms with van der Waals surface area (Å²) in [6, 6.07) is 13.4. The average Bonchev–Trinajstić information content (AvgIpc) is 2.83. The summed E-state index contributed by atoms with van der Waals surface area (Å²) in [4.78, 5) is 19.1. The molecule has 0 radical (unpaired) electrons. The van der Waals surface area contributed by atoms with Crippen molar-refractivity contribution < 1.29 is 23.1 Å². The number of likely N-dealkylation sites (tertiary alicyclic amines) is 1. The summed E-state index contributed by atoms with van der Waals surface area (Å²) in [5.74, 6) is 0.0343. The standard InChI is InChI=1S/C26H32F3N3O2/c1-20-5-7-23(8-6-20)31-17-15-30(16-18-31)12-9-24(33)32-13-10-25(34,11-14-32)21-3-2-4-22(19-21)26(27,28)29/h2-8,19,34H,9-18H2,1H3. The van der Waals surface area contributed by atoms with Crippen molar-refractivity contribution in [2.75, 3.05) is 50.7 Å². The number of anilines is 1. The van der Waals surface area contributed by atoms with Crippen LogP contribution in [0.1, 0.15) is 36.0 Å². The maximum absolute atomic E-state index is 13.0. The molecule has 184 valence electrons. The SMILES string of the molecule is Cc1ccc(N2CCN(CCC(=O)N3CCC(O)(c4cccc(C(F)(F)F)c4)CC3)CC2)cc1. The minimum Gasteiger partial charge on any atom is -0.385 e. The second kappa shape index (κ2) is 9.96. The van der Waals surface area contributed by atoms with E-state index in [0.717, 1.165) is 38.3 Å². The molecule has 0 spiro atoms. The van der Waals surface area contributed by atoms with Gasteiger partial charge in [-0.3, -0.25) is 9.69 Å². The second-order valence-electron chi connectivity index (χ2n) is 9.41. The molecule has 2 aromatic carbocycles. The molecule has 0 atom stereocenters. The highest BCUT2D eigenvalue weighted by molar-refractivity contribution is 5.76. The average molecular weight is 476 g/mol. The minimum absolute atomic E-state index is 0.0343. The van der Waals surface area contributed by atoms with Gasteiger partial charge < -0.3 is 14.9 Å². The molecule has 2 fully saturated rings. The van der Waals surface area contributed by atoms with E-state index in [2.05, 4.69) is 41.0 Å². The number of benzene rings is 2. The number of piperidine rings is 1. The molecule has 1 amide bonds. The number of hydrogen-bond donors (Lipinski definition) is 1. The fraction of sp³-hybridized carbons (Fsp3) is 0.500. The summed E-state index contributed by atoms with van der Waals surface area (Å²) in [5, 5.41) is 11.0. The van der Waals surface area contributed by atoms with Crippen LogP contribution in [0.4, 0.5) is 18.9 Å². The number of aryl methyl sites for hydroxylation is 1. The van der Waals surface area contributed by atoms with Gasteiger partial charge in [0.2, 0.25) is 5.91 Å². The molecule has 0 saturated carbocycles. The van der Waals surface area contributed by atoms with Crippen LogP contribution in [0.15, 0.2) is 48.5 Å². The summed E-state index contributed by atoms with van der Waals surface area (Å²) < 4.78 is 39.1. The summed E-state index contributed by atoms with van der Waals surface area (Å²) in [6.07, 6.45) is -3.58. The van der Waals surface area contributed by atoms with E-state index in [0.29, 0.717) is 26.1 Å². The van der Waals surface area contributed by atoms with Gasteiger partial charge in [-0.05, 0) is 49.6 Å². The van der Waals surface area contributed by atoms with Crippen molar-refractivity contribution in [3.63, 3.8) is 0 Å². The van der Waals surface area contributed by atoms with E-state index in [9.17, 15) is 23.1 Å². The number of rotatable bonds is 5. The first-order chi connectivity index (χ1) is 16.1. The molecule has 0 bridgehead atoms. The minimum atomic E-state index is -4.45. The van der Waals surface area contributed by atoms with E-state index in [1.54, 1.807) is 4.90 Å². The van der Waals surface area contributed by atoms with Crippen LogP contribution in [0.5, 0.6) is 0 Å². The highest BCUT2D eigenvalue weighted by atomic mass is 19.4. The number of piperazine rings is 1. The van der Waals surface area contributed by atoms with Gasteiger partial charge in [-0.25, -0.2) is 0 Å². The number of aliphatic hydroxyl groups is 1. The monoisotopic (exact) mass is 475 g/mol. The van der Waals surface area contributed by atoms with Crippen LogP contribution in [-0.2, 0) is 16.6 Å². The van der Waals surface area contributed by atoms with Crippen molar-refractivity contribution in [3.05, 3.63) is 65.2 Å². The molecule has 0 aliphatic carbocycles. The van der Waals surface area contributed by atoms with Gasteiger partial charge in [0.1, 0.15) is 0 Å². The second-order valence-corrected chi connectivity index (χ2v) is 9.41. The predicted octanol–water partition coefficient (Wildman–Crippen LogP) is 4.04. The maximum Gasteiger partial charge on any atom is 0.416 e. The first-order valence-electron chi connectivity index (χ1n) is 11.9. The van der Waals surface area contributed by atoms with E-state index in [1.807, 2.05) is 0 Å². The van der Waals surface area contributed by atoms with Gasteiger partial charge in [-0.2, -0.15) is 13.2 Å². The summed E-state index contributed by atoms with van der Waals surface area (Å²) in [6.45, 7) is 7.09. The van der Waals surface area contributed by atoms with Crippen molar-refractivity contribution in [1.29, 1.82) is 0 Å². The van der Waals surface area contributed by atoms with Crippen LogP contribution in [0.2, 0.25) is 0 Å². The molecule has 2 aromatic rings. The Labute approximate surface area is 198 Å². The highest BCUT2D eigenvalue weighted by Gasteiger charge is 2.38. The molecule has 34 heavy (non-hydrogen) atoms. The Morgan fingerprint density at radius 2 is 1.62 bits per heavy atom. The molecule has 8 heteroatoms. The Hall–Kier alpha value is -2.58. The highest BCUT2D eigenvalue weighted by Crippen LogP contribution is 2.36. The first-order valence-corrected chi connectivity index (χ1v) is 11.9. The fourth-order valence-corrected chi connectivity index (χ4v) is 4.80. The smallest absolute Gasteiger partial charge is 0.385 e. The molecular formula is C26H32F3N3O2. The van der Waals surface area contributed by atoms with Crippen LogP contribution in [0.25, 0.3) is 0 Å². The number of hydrogen-bond acceptors (Lipinski definition) is 4. The third-order valence-corrected chi connectivity index (χ3v) is 7.08. The van der Waals surface area contributed by atoms with Crippen LogP contribution in [0, 0.1) is 6.92 Å². The lowest BCUT2D eigenvalue weighted by molar-refractivity contribution is -0.137.